The Morgan fingerprint density at radius 3 is 1.94 bits per heavy atom. The van der Waals surface area contributed by atoms with E-state index in [2.05, 4.69) is 4.74 Å². The first-order valence-electron chi connectivity index (χ1n) is 4.68. The van der Waals surface area contributed by atoms with E-state index >= 15 is 0 Å². The summed E-state index contributed by atoms with van der Waals surface area (Å²) >= 11 is 10.6. The van der Waals surface area contributed by atoms with Crippen LogP contribution >= 0.6 is 23.2 Å². The van der Waals surface area contributed by atoms with Gasteiger partial charge in [0, 0.05) is 11.1 Å². The van der Waals surface area contributed by atoms with Crippen molar-refractivity contribution >= 4 is 39.7 Å². The summed E-state index contributed by atoms with van der Waals surface area (Å²) < 4.78 is 9.42. The molecule has 0 unspecified atom stereocenters. The van der Waals surface area contributed by atoms with Crippen LogP contribution < -0.4 is 4.74 Å². The van der Waals surface area contributed by atoms with Crippen LogP contribution in [-0.4, -0.2) is 30.2 Å². The molecule has 0 saturated carbocycles. The number of hydrogen-bond acceptors (Lipinski definition) is 5. The second-order valence-corrected chi connectivity index (χ2v) is 3.84. The minimum Gasteiger partial charge on any atom is -0.482 e. The van der Waals surface area contributed by atoms with Crippen LogP contribution in [0.2, 0.25) is 0 Å². The van der Waals surface area contributed by atoms with E-state index in [1.165, 1.54) is 25.3 Å². The molecule has 0 bridgehead atoms. The maximum atomic E-state index is 11.0. The van der Waals surface area contributed by atoms with E-state index in [9.17, 15) is 14.4 Å². The first-order valence-corrected chi connectivity index (χ1v) is 5.44. The highest BCUT2D eigenvalue weighted by molar-refractivity contribution is 6.69. The standard InChI is InChI=1S/C11H8Cl2O5/c1-17-9(14)5-18-8-3-6(10(12)15)2-7(4-8)11(13)16/h2-4H,5H2,1H3. The van der Waals surface area contributed by atoms with Gasteiger partial charge in [-0.3, -0.25) is 9.59 Å². The highest BCUT2D eigenvalue weighted by Gasteiger charge is 2.12. The minimum atomic E-state index is -0.766. The Morgan fingerprint density at radius 2 is 1.56 bits per heavy atom. The number of rotatable bonds is 5. The Kier molecular flexibility index (Phi) is 5.12. The van der Waals surface area contributed by atoms with Crippen LogP contribution in [-0.2, 0) is 9.53 Å². The summed E-state index contributed by atoms with van der Waals surface area (Å²) in [6, 6.07) is 3.82. The summed E-state index contributed by atoms with van der Waals surface area (Å²) in [6.45, 7) is -0.355. The smallest absolute Gasteiger partial charge is 0.343 e. The lowest BCUT2D eigenvalue weighted by molar-refractivity contribution is -0.142. The lowest BCUT2D eigenvalue weighted by atomic mass is 10.1. The molecular weight excluding hydrogens is 283 g/mol. The van der Waals surface area contributed by atoms with Crippen molar-refractivity contribution in [2.24, 2.45) is 0 Å². The van der Waals surface area contributed by atoms with Crippen LogP contribution in [0.5, 0.6) is 5.75 Å². The molecule has 7 heteroatoms. The normalized spacial score (nSPS) is 9.72. The number of hydrogen-bond donors (Lipinski definition) is 0. The summed E-state index contributed by atoms with van der Waals surface area (Å²) in [6.07, 6.45) is 0. The van der Waals surface area contributed by atoms with Crippen molar-refractivity contribution in [3.8, 4) is 5.75 Å². The summed E-state index contributed by atoms with van der Waals surface area (Å²) in [5.74, 6) is -0.479. The number of ether oxygens (including phenoxy) is 2. The van der Waals surface area contributed by atoms with Crippen molar-refractivity contribution in [2.75, 3.05) is 13.7 Å². The van der Waals surface area contributed by atoms with Crippen LogP contribution in [0, 0.1) is 0 Å². The Hall–Kier alpha value is -1.59. The number of carbonyl (C=O) groups is 3. The molecule has 0 aliphatic rings. The van der Waals surface area contributed by atoms with Gasteiger partial charge >= 0.3 is 5.97 Å². The third-order valence-corrected chi connectivity index (χ3v) is 2.38. The molecule has 96 valence electrons. The van der Waals surface area contributed by atoms with Gasteiger partial charge in [0.1, 0.15) is 5.75 Å². The molecule has 1 aromatic rings. The van der Waals surface area contributed by atoms with Gasteiger partial charge in [-0.1, -0.05) is 0 Å². The molecule has 0 aliphatic heterocycles. The van der Waals surface area contributed by atoms with Crippen molar-refractivity contribution in [1.82, 2.24) is 0 Å². The molecule has 5 nitrogen and oxygen atoms in total. The number of esters is 1. The highest BCUT2D eigenvalue weighted by atomic mass is 35.5. The van der Waals surface area contributed by atoms with Gasteiger partial charge in [-0.15, -0.1) is 0 Å². The van der Waals surface area contributed by atoms with Gasteiger partial charge in [0.15, 0.2) is 6.61 Å². The third-order valence-electron chi connectivity index (χ3n) is 1.94. The van der Waals surface area contributed by atoms with Crippen molar-refractivity contribution in [2.45, 2.75) is 0 Å². The predicted molar refractivity (Wildman–Crippen MR) is 64.3 cm³/mol. The van der Waals surface area contributed by atoms with Crippen LogP contribution in [0.25, 0.3) is 0 Å². The summed E-state index contributed by atoms with van der Waals surface area (Å²) in [5, 5.41) is -1.53. The molecule has 0 amide bonds. The van der Waals surface area contributed by atoms with Crippen molar-refractivity contribution < 1.29 is 23.9 Å². The first kappa shape index (κ1) is 14.5. The molecule has 1 aromatic carbocycles. The molecule has 0 saturated heterocycles. The van der Waals surface area contributed by atoms with Crippen LogP contribution in [0.15, 0.2) is 18.2 Å². The average molecular weight is 291 g/mol. The fourth-order valence-corrected chi connectivity index (χ4v) is 1.33. The van der Waals surface area contributed by atoms with Gasteiger partial charge in [0.2, 0.25) is 0 Å². The van der Waals surface area contributed by atoms with Gasteiger partial charge in [-0.2, -0.15) is 0 Å². The molecule has 0 aromatic heterocycles. The molecule has 0 aliphatic carbocycles. The van der Waals surface area contributed by atoms with E-state index in [4.69, 9.17) is 27.9 Å². The van der Waals surface area contributed by atoms with E-state index in [1.807, 2.05) is 0 Å². The van der Waals surface area contributed by atoms with Crippen LogP contribution in [0.3, 0.4) is 0 Å². The molecule has 1 rings (SSSR count). The Bertz CT molecular complexity index is 466. The van der Waals surface area contributed by atoms with Crippen LogP contribution in [0.4, 0.5) is 0 Å². The summed E-state index contributed by atoms with van der Waals surface area (Å²) in [4.78, 5) is 33.0. The zero-order valence-corrected chi connectivity index (χ0v) is 10.7. The molecule has 18 heavy (non-hydrogen) atoms. The molecule has 0 heterocycles. The molecule has 0 atom stereocenters. The average Bonchev–Trinajstić information content (AvgIpc) is 2.35. The van der Waals surface area contributed by atoms with E-state index in [-0.39, 0.29) is 23.5 Å². The summed E-state index contributed by atoms with van der Waals surface area (Å²) in [5.41, 5.74) is 0.0889. The molecule has 0 fully saturated rings. The SMILES string of the molecule is COC(=O)COc1cc(C(=O)Cl)cc(C(=O)Cl)c1. The van der Waals surface area contributed by atoms with E-state index in [0.29, 0.717) is 0 Å². The molecular formula is C11H8Cl2O5. The van der Waals surface area contributed by atoms with Gasteiger partial charge in [-0.25, -0.2) is 4.79 Å². The fraction of sp³-hybridized carbons (Fsp3) is 0.182. The van der Waals surface area contributed by atoms with Crippen LogP contribution in [0.1, 0.15) is 20.7 Å². The largest absolute Gasteiger partial charge is 0.482 e. The lowest BCUT2D eigenvalue weighted by Gasteiger charge is -2.07. The van der Waals surface area contributed by atoms with Gasteiger partial charge < -0.3 is 9.47 Å². The fourth-order valence-electron chi connectivity index (χ4n) is 1.11. The van der Waals surface area contributed by atoms with Gasteiger partial charge in [-0.05, 0) is 41.4 Å². The second kappa shape index (κ2) is 6.37. The zero-order valence-electron chi connectivity index (χ0n) is 9.24. The van der Waals surface area contributed by atoms with Crippen molar-refractivity contribution in [3.63, 3.8) is 0 Å². The maximum absolute atomic E-state index is 11.0. The maximum Gasteiger partial charge on any atom is 0.343 e. The molecule has 0 spiro atoms. The minimum absolute atomic E-state index is 0.0445. The number of halogens is 2. The first-order chi connectivity index (χ1) is 8.43. The predicted octanol–water partition coefficient (Wildman–Crippen LogP) is 2.00. The van der Waals surface area contributed by atoms with E-state index < -0.39 is 16.5 Å². The zero-order chi connectivity index (χ0) is 13.7. The Balaban J connectivity index is 3.00. The quantitative estimate of drug-likeness (QED) is 0.613. The van der Waals surface area contributed by atoms with Gasteiger partial charge in [0.05, 0.1) is 7.11 Å². The Labute approximate surface area is 113 Å². The lowest BCUT2D eigenvalue weighted by Crippen LogP contribution is -2.13. The third kappa shape index (κ3) is 4.01. The second-order valence-electron chi connectivity index (χ2n) is 3.16. The number of methoxy groups -OCH3 is 1. The van der Waals surface area contributed by atoms with E-state index in [0.717, 1.165) is 0 Å². The van der Waals surface area contributed by atoms with Crippen molar-refractivity contribution in [1.29, 1.82) is 0 Å². The highest BCUT2D eigenvalue weighted by Crippen LogP contribution is 2.20. The Morgan fingerprint density at radius 1 is 1.06 bits per heavy atom. The topological polar surface area (TPSA) is 69.7 Å². The monoisotopic (exact) mass is 290 g/mol. The van der Waals surface area contributed by atoms with Gasteiger partial charge in [0.25, 0.3) is 10.5 Å². The number of benzene rings is 1. The number of carbonyl (C=O) groups excluding carboxylic acids is 3. The van der Waals surface area contributed by atoms with E-state index in [1.54, 1.807) is 0 Å². The molecule has 0 N–H and O–H groups in total. The van der Waals surface area contributed by atoms with Crippen molar-refractivity contribution in [3.05, 3.63) is 29.3 Å². The summed E-state index contributed by atoms with van der Waals surface area (Å²) in [7, 11) is 1.21. The molecule has 0 radical (unpaired) electrons.